The summed E-state index contributed by atoms with van der Waals surface area (Å²) >= 11 is 1.65. The van der Waals surface area contributed by atoms with Gasteiger partial charge < -0.3 is 19.9 Å². The van der Waals surface area contributed by atoms with Crippen molar-refractivity contribution in [2.24, 2.45) is 4.99 Å². The van der Waals surface area contributed by atoms with Crippen LogP contribution >= 0.6 is 11.3 Å². The third kappa shape index (κ3) is 3.87. The average molecular weight is 351 g/mol. The van der Waals surface area contributed by atoms with E-state index in [0.717, 1.165) is 57.2 Å². The summed E-state index contributed by atoms with van der Waals surface area (Å²) in [5.41, 5.74) is 2.93. The van der Waals surface area contributed by atoms with Crippen LogP contribution in [0, 0.1) is 6.92 Å². The first-order valence-electron chi connectivity index (χ1n) is 8.44. The van der Waals surface area contributed by atoms with Gasteiger partial charge in [0.2, 0.25) is 0 Å². The minimum atomic E-state index is -0.219. The maximum Gasteiger partial charge on any atom is 0.251 e. The molecule has 1 aromatic heterocycles. The smallest absolute Gasteiger partial charge is 0.251 e. The predicted octanol–water partition coefficient (Wildman–Crippen LogP) is 0.850. The van der Waals surface area contributed by atoms with Crippen molar-refractivity contribution < 1.29 is 9.53 Å². The molecule has 0 spiro atoms. The molecule has 8 heteroatoms. The summed E-state index contributed by atoms with van der Waals surface area (Å²) < 4.78 is 5.51. The Bertz CT molecular complexity index is 589. The number of piperazine rings is 1. The first-order chi connectivity index (χ1) is 11.7. The van der Waals surface area contributed by atoms with Crippen LogP contribution in [0.3, 0.4) is 0 Å². The fourth-order valence-corrected chi connectivity index (χ4v) is 3.82. The maximum absolute atomic E-state index is 12.4. The molecule has 132 valence electrons. The molecule has 0 saturated carbocycles. The molecule has 2 saturated heterocycles. The van der Waals surface area contributed by atoms with Crippen LogP contribution in [0.1, 0.15) is 23.4 Å². The molecule has 2 aliphatic heterocycles. The summed E-state index contributed by atoms with van der Waals surface area (Å²) in [5.74, 6) is 1.03. The summed E-state index contributed by atoms with van der Waals surface area (Å²) in [6.07, 6.45) is 1.63. The molecule has 0 aliphatic carbocycles. The van der Waals surface area contributed by atoms with E-state index in [9.17, 15) is 4.79 Å². The van der Waals surface area contributed by atoms with Crippen molar-refractivity contribution >= 4 is 23.2 Å². The SMILES string of the molecule is CN=C(NCc1scnc1C)N1CCN(C(=O)C2CCCO2)CC1. The van der Waals surface area contributed by atoms with Gasteiger partial charge in [0.05, 0.1) is 17.7 Å². The number of ether oxygens (including phenoxy) is 1. The molecule has 24 heavy (non-hydrogen) atoms. The van der Waals surface area contributed by atoms with Gasteiger partial charge in [0, 0.05) is 44.7 Å². The van der Waals surface area contributed by atoms with Gasteiger partial charge in [-0.05, 0) is 19.8 Å². The molecule has 3 rings (SSSR count). The number of aliphatic imine (C=N–C) groups is 1. The maximum atomic E-state index is 12.4. The van der Waals surface area contributed by atoms with Crippen LogP contribution in [-0.4, -0.2) is 72.6 Å². The molecule has 0 bridgehead atoms. The minimum Gasteiger partial charge on any atom is -0.368 e. The molecule has 2 fully saturated rings. The lowest BCUT2D eigenvalue weighted by Crippen LogP contribution is -2.55. The van der Waals surface area contributed by atoms with Gasteiger partial charge in [-0.25, -0.2) is 4.98 Å². The molecule has 0 aromatic carbocycles. The van der Waals surface area contributed by atoms with Crippen LogP contribution in [0.4, 0.5) is 0 Å². The quantitative estimate of drug-likeness (QED) is 0.646. The number of amides is 1. The molecule has 0 radical (unpaired) electrons. The summed E-state index contributed by atoms with van der Waals surface area (Å²) in [7, 11) is 1.80. The van der Waals surface area contributed by atoms with Crippen molar-refractivity contribution in [3.8, 4) is 0 Å². The van der Waals surface area contributed by atoms with Gasteiger partial charge in [-0.3, -0.25) is 9.79 Å². The van der Waals surface area contributed by atoms with Gasteiger partial charge in [-0.1, -0.05) is 0 Å². The highest BCUT2D eigenvalue weighted by Gasteiger charge is 2.30. The molecule has 1 unspecified atom stereocenters. The Balaban J connectivity index is 1.49. The van der Waals surface area contributed by atoms with E-state index in [0.29, 0.717) is 6.61 Å². The number of carbonyl (C=O) groups is 1. The summed E-state index contributed by atoms with van der Waals surface area (Å²) in [6.45, 7) is 6.49. The fraction of sp³-hybridized carbons (Fsp3) is 0.688. The largest absolute Gasteiger partial charge is 0.368 e. The third-order valence-electron chi connectivity index (χ3n) is 4.56. The second kappa shape index (κ2) is 7.94. The van der Waals surface area contributed by atoms with Crippen LogP contribution in [0.25, 0.3) is 0 Å². The zero-order valence-electron chi connectivity index (χ0n) is 14.3. The Morgan fingerprint density at radius 3 is 2.75 bits per heavy atom. The molecule has 1 amide bonds. The van der Waals surface area contributed by atoms with Crippen molar-refractivity contribution in [1.29, 1.82) is 0 Å². The Morgan fingerprint density at radius 1 is 1.42 bits per heavy atom. The number of aromatic nitrogens is 1. The van der Waals surface area contributed by atoms with E-state index in [1.165, 1.54) is 4.88 Å². The molecule has 1 aromatic rings. The highest BCUT2D eigenvalue weighted by Crippen LogP contribution is 2.16. The Hall–Kier alpha value is -1.67. The van der Waals surface area contributed by atoms with Crippen LogP contribution in [0.15, 0.2) is 10.5 Å². The number of guanidine groups is 1. The number of hydrogen-bond donors (Lipinski definition) is 1. The monoisotopic (exact) mass is 351 g/mol. The van der Waals surface area contributed by atoms with Crippen LogP contribution < -0.4 is 5.32 Å². The fourth-order valence-electron chi connectivity index (χ4n) is 3.10. The number of carbonyl (C=O) groups excluding carboxylic acids is 1. The van der Waals surface area contributed by atoms with Crippen LogP contribution in [-0.2, 0) is 16.1 Å². The van der Waals surface area contributed by atoms with Crippen molar-refractivity contribution in [1.82, 2.24) is 20.1 Å². The lowest BCUT2D eigenvalue weighted by atomic mass is 10.2. The molecule has 3 heterocycles. The summed E-state index contributed by atoms with van der Waals surface area (Å²) in [6, 6.07) is 0. The first-order valence-corrected chi connectivity index (χ1v) is 9.32. The lowest BCUT2D eigenvalue weighted by molar-refractivity contribution is -0.142. The molecular weight excluding hydrogens is 326 g/mol. The Kier molecular flexibility index (Phi) is 5.68. The number of thiazole rings is 1. The van der Waals surface area contributed by atoms with Gasteiger partial charge in [-0.2, -0.15) is 0 Å². The summed E-state index contributed by atoms with van der Waals surface area (Å²) in [4.78, 5) is 26.4. The van der Waals surface area contributed by atoms with Crippen LogP contribution in [0.5, 0.6) is 0 Å². The lowest BCUT2D eigenvalue weighted by Gasteiger charge is -2.37. The topological polar surface area (TPSA) is 70.1 Å². The van der Waals surface area contributed by atoms with Gasteiger partial charge in [-0.15, -0.1) is 11.3 Å². The van der Waals surface area contributed by atoms with Gasteiger partial charge >= 0.3 is 0 Å². The van der Waals surface area contributed by atoms with E-state index < -0.39 is 0 Å². The average Bonchev–Trinajstić information content (AvgIpc) is 3.27. The normalized spacial score (nSPS) is 22.1. The highest BCUT2D eigenvalue weighted by molar-refractivity contribution is 7.09. The van der Waals surface area contributed by atoms with E-state index in [1.807, 2.05) is 17.3 Å². The second-order valence-corrected chi connectivity index (χ2v) is 7.02. The Labute approximate surface area is 146 Å². The van der Waals surface area contributed by atoms with Crippen LogP contribution in [0.2, 0.25) is 0 Å². The van der Waals surface area contributed by atoms with Crippen molar-refractivity contribution in [2.75, 3.05) is 39.8 Å². The van der Waals surface area contributed by atoms with E-state index in [2.05, 4.69) is 20.2 Å². The van der Waals surface area contributed by atoms with Crippen molar-refractivity contribution in [3.05, 3.63) is 16.1 Å². The van der Waals surface area contributed by atoms with E-state index in [-0.39, 0.29) is 12.0 Å². The van der Waals surface area contributed by atoms with E-state index in [4.69, 9.17) is 4.74 Å². The second-order valence-electron chi connectivity index (χ2n) is 6.08. The molecule has 1 atom stereocenters. The number of rotatable bonds is 3. The minimum absolute atomic E-state index is 0.149. The Morgan fingerprint density at radius 2 is 2.17 bits per heavy atom. The first kappa shape index (κ1) is 17.2. The zero-order chi connectivity index (χ0) is 16.9. The predicted molar refractivity (Wildman–Crippen MR) is 94.2 cm³/mol. The van der Waals surface area contributed by atoms with E-state index >= 15 is 0 Å². The van der Waals surface area contributed by atoms with Crippen molar-refractivity contribution in [2.45, 2.75) is 32.4 Å². The van der Waals surface area contributed by atoms with Gasteiger partial charge in [0.25, 0.3) is 5.91 Å². The molecule has 2 aliphatic rings. The molecular formula is C16H25N5O2S. The highest BCUT2D eigenvalue weighted by atomic mass is 32.1. The number of nitrogens with one attached hydrogen (secondary N) is 1. The third-order valence-corrected chi connectivity index (χ3v) is 5.49. The van der Waals surface area contributed by atoms with Gasteiger partial charge in [0.15, 0.2) is 5.96 Å². The van der Waals surface area contributed by atoms with Crippen molar-refractivity contribution in [3.63, 3.8) is 0 Å². The van der Waals surface area contributed by atoms with Gasteiger partial charge in [0.1, 0.15) is 6.10 Å². The molecule has 7 nitrogen and oxygen atoms in total. The molecule has 1 N–H and O–H groups in total. The number of aryl methyl sites for hydroxylation is 1. The number of nitrogens with zero attached hydrogens (tertiary/aromatic N) is 4. The zero-order valence-corrected chi connectivity index (χ0v) is 15.1. The standard InChI is InChI=1S/C16H25N5O2S/c1-12-14(24-11-19-12)10-18-16(17-2)21-7-5-20(6-8-21)15(22)13-4-3-9-23-13/h11,13H,3-10H2,1-2H3,(H,17,18). The summed E-state index contributed by atoms with van der Waals surface area (Å²) in [5, 5.41) is 3.40. The number of hydrogen-bond acceptors (Lipinski definition) is 5. The van der Waals surface area contributed by atoms with E-state index in [1.54, 1.807) is 18.4 Å².